The standard InChI is InChI=1S/C11H11NO6/c1-5-6(2)10(18-7(3)13)8(11(14)15)4-9(5)12(16)17/h4H,1-3H3,(H,14,15). The van der Waals surface area contributed by atoms with Crippen LogP contribution in [-0.2, 0) is 4.79 Å². The van der Waals surface area contributed by atoms with Crippen molar-refractivity contribution in [2.45, 2.75) is 20.8 Å². The highest BCUT2D eigenvalue weighted by atomic mass is 16.6. The Morgan fingerprint density at radius 2 is 1.89 bits per heavy atom. The van der Waals surface area contributed by atoms with Gasteiger partial charge in [0.2, 0.25) is 0 Å². The van der Waals surface area contributed by atoms with E-state index >= 15 is 0 Å². The molecular weight excluding hydrogens is 242 g/mol. The molecule has 96 valence electrons. The predicted octanol–water partition coefficient (Wildman–Crippen LogP) is 1.84. The molecule has 7 nitrogen and oxygen atoms in total. The molecule has 0 atom stereocenters. The van der Waals surface area contributed by atoms with Crippen LogP contribution in [0.4, 0.5) is 5.69 Å². The maximum atomic E-state index is 11.0. The third kappa shape index (κ3) is 2.45. The number of aromatic carboxylic acids is 1. The van der Waals surface area contributed by atoms with Crippen LogP contribution in [0.5, 0.6) is 5.75 Å². The number of carbonyl (C=O) groups is 2. The van der Waals surface area contributed by atoms with Crippen LogP contribution in [0.3, 0.4) is 0 Å². The lowest BCUT2D eigenvalue weighted by molar-refractivity contribution is -0.385. The number of hydrogen-bond donors (Lipinski definition) is 1. The molecule has 0 aliphatic carbocycles. The molecule has 0 unspecified atom stereocenters. The average Bonchev–Trinajstić information content (AvgIpc) is 2.23. The van der Waals surface area contributed by atoms with Gasteiger partial charge in [-0.25, -0.2) is 4.79 Å². The molecule has 0 aliphatic heterocycles. The number of esters is 1. The van der Waals surface area contributed by atoms with Gasteiger partial charge in [0.15, 0.2) is 0 Å². The minimum absolute atomic E-state index is 0.155. The molecule has 0 spiro atoms. The number of nitro groups is 1. The molecule has 1 N–H and O–H groups in total. The predicted molar refractivity (Wildman–Crippen MR) is 60.8 cm³/mol. The second-order valence-corrected chi connectivity index (χ2v) is 3.68. The second kappa shape index (κ2) is 4.82. The number of hydrogen-bond acceptors (Lipinski definition) is 5. The number of carboxylic acids is 1. The highest BCUT2D eigenvalue weighted by molar-refractivity contribution is 5.94. The van der Waals surface area contributed by atoms with E-state index in [2.05, 4.69) is 0 Å². The van der Waals surface area contributed by atoms with Crippen molar-refractivity contribution in [2.75, 3.05) is 0 Å². The molecule has 1 aromatic rings. The Labute approximate surface area is 102 Å². The van der Waals surface area contributed by atoms with Crippen molar-refractivity contribution >= 4 is 17.6 Å². The Balaban J connectivity index is 3.60. The van der Waals surface area contributed by atoms with E-state index in [-0.39, 0.29) is 22.6 Å². The molecule has 0 saturated carbocycles. The molecule has 0 amide bonds. The fourth-order valence-electron chi connectivity index (χ4n) is 1.50. The first-order valence-electron chi connectivity index (χ1n) is 4.96. The number of rotatable bonds is 3. The smallest absolute Gasteiger partial charge is 0.339 e. The van der Waals surface area contributed by atoms with Crippen molar-refractivity contribution < 1.29 is 24.4 Å². The van der Waals surface area contributed by atoms with Gasteiger partial charge in [-0.1, -0.05) is 0 Å². The Hall–Kier alpha value is -2.44. The lowest BCUT2D eigenvalue weighted by Crippen LogP contribution is -2.11. The van der Waals surface area contributed by atoms with Crippen LogP contribution in [0.2, 0.25) is 0 Å². The maximum Gasteiger partial charge on any atom is 0.339 e. The number of ether oxygens (including phenoxy) is 1. The van der Waals surface area contributed by atoms with Crippen molar-refractivity contribution in [1.29, 1.82) is 0 Å². The zero-order chi connectivity index (χ0) is 14.0. The summed E-state index contributed by atoms with van der Waals surface area (Å²) in [6.07, 6.45) is 0. The van der Waals surface area contributed by atoms with E-state index in [1.54, 1.807) is 0 Å². The van der Waals surface area contributed by atoms with Crippen molar-refractivity contribution in [1.82, 2.24) is 0 Å². The van der Waals surface area contributed by atoms with Gasteiger partial charge < -0.3 is 9.84 Å². The molecule has 18 heavy (non-hydrogen) atoms. The molecule has 1 rings (SSSR count). The third-order valence-electron chi connectivity index (χ3n) is 2.49. The normalized spacial score (nSPS) is 9.94. The first-order chi connectivity index (χ1) is 8.25. The minimum atomic E-state index is -1.39. The van der Waals surface area contributed by atoms with Crippen LogP contribution < -0.4 is 4.74 Å². The van der Waals surface area contributed by atoms with E-state index in [0.29, 0.717) is 0 Å². The van der Waals surface area contributed by atoms with E-state index in [4.69, 9.17) is 9.84 Å². The van der Waals surface area contributed by atoms with Gasteiger partial charge in [-0.3, -0.25) is 14.9 Å². The monoisotopic (exact) mass is 253 g/mol. The summed E-state index contributed by atoms with van der Waals surface area (Å²) in [5.41, 5.74) is -0.196. The van der Waals surface area contributed by atoms with E-state index in [0.717, 1.165) is 13.0 Å². The first kappa shape index (κ1) is 13.6. The third-order valence-corrected chi connectivity index (χ3v) is 2.49. The van der Waals surface area contributed by atoms with Gasteiger partial charge >= 0.3 is 11.9 Å². The summed E-state index contributed by atoms with van der Waals surface area (Å²) in [7, 11) is 0. The Morgan fingerprint density at radius 1 is 1.33 bits per heavy atom. The minimum Gasteiger partial charge on any atom is -0.478 e. The average molecular weight is 253 g/mol. The highest BCUT2D eigenvalue weighted by Gasteiger charge is 2.24. The quantitative estimate of drug-likeness (QED) is 0.381. The summed E-state index contributed by atoms with van der Waals surface area (Å²) < 4.78 is 4.81. The zero-order valence-corrected chi connectivity index (χ0v) is 10.0. The van der Waals surface area contributed by atoms with Gasteiger partial charge in [-0.2, -0.15) is 0 Å². The molecule has 0 heterocycles. The first-order valence-corrected chi connectivity index (χ1v) is 4.96. The fraction of sp³-hybridized carbons (Fsp3) is 0.273. The zero-order valence-electron chi connectivity index (χ0n) is 10.0. The van der Waals surface area contributed by atoms with E-state index < -0.39 is 22.4 Å². The largest absolute Gasteiger partial charge is 0.478 e. The van der Waals surface area contributed by atoms with Crippen LogP contribution in [0, 0.1) is 24.0 Å². The van der Waals surface area contributed by atoms with Crippen LogP contribution in [0.25, 0.3) is 0 Å². The SMILES string of the molecule is CC(=O)Oc1c(C(=O)O)cc([N+](=O)[O-])c(C)c1C. The van der Waals surface area contributed by atoms with Crippen molar-refractivity contribution in [3.8, 4) is 5.75 Å². The number of carboxylic acid groups (broad SMARTS) is 1. The lowest BCUT2D eigenvalue weighted by Gasteiger charge is -2.11. The molecule has 0 fully saturated rings. The van der Waals surface area contributed by atoms with E-state index in [1.807, 2.05) is 0 Å². The van der Waals surface area contributed by atoms with Gasteiger partial charge in [-0.15, -0.1) is 0 Å². The van der Waals surface area contributed by atoms with Crippen LogP contribution in [0.15, 0.2) is 6.07 Å². The van der Waals surface area contributed by atoms with Crippen LogP contribution in [-0.4, -0.2) is 22.0 Å². The van der Waals surface area contributed by atoms with E-state index in [9.17, 15) is 19.7 Å². The van der Waals surface area contributed by atoms with Gasteiger partial charge in [0, 0.05) is 24.1 Å². The number of nitro benzene ring substituents is 1. The molecule has 0 radical (unpaired) electrons. The summed E-state index contributed by atoms with van der Waals surface area (Å²) in [6.45, 7) is 4.06. The molecule has 1 aromatic carbocycles. The summed E-state index contributed by atoms with van der Waals surface area (Å²) in [5.74, 6) is -2.23. The van der Waals surface area contributed by atoms with E-state index in [1.165, 1.54) is 13.8 Å². The van der Waals surface area contributed by atoms with Gasteiger partial charge in [0.05, 0.1) is 4.92 Å². The Kier molecular flexibility index (Phi) is 3.65. The molecule has 0 aliphatic rings. The number of carbonyl (C=O) groups excluding carboxylic acids is 1. The van der Waals surface area contributed by atoms with Gasteiger partial charge in [0.1, 0.15) is 11.3 Å². The van der Waals surface area contributed by atoms with Crippen molar-refractivity contribution in [2.24, 2.45) is 0 Å². The van der Waals surface area contributed by atoms with Crippen LogP contribution in [0.1, 0.15) is 28.4 Å². The summed E-state index contributed by atoms with van der Waals surface area (Å²) in [4.78, 5) is 32.1. The second-order valence-electron chi connectivity index (χ2n) is 3.68. The Morgan fingerprint density at radius 3 is 2.28 bits per heavy atom. The molecule has 0 saturated heterocycles. The molecule has 7 heteroatoms. The Bertz CT molecular complexity index is 549. The lowest BCUT2D eigenvalue weighted by atomic mass is 10.0. The summed E-state index contributed by atoms with van der Waals surface area (Å²) in [6, 6.07) is 0.892. The van der Waals surface area contributed by atoms with Crippen LogP contribution >= 0.6 is 0 Å². The van der Waals surface area contributed by atoms with Crippen molar-refractivity contribution in [3.63, 3.8) is 0 Å². The summed E-state index contributed by atoms with van der Waals surface area (Å²) >= 11 is 0. The van der Waals surface area contributed by atoms with Gasteiger partial charge in [-0.05, 0) is 13.8 Å². The highest BCUT2D eigenvalue weighted by Crippen LogP contribution is 2.33. The molecule has 0 bridgehead atoms. The molecular formula is C11H11NO6. The number of nitrogens with zero attached hydrogens (tertiary/aromatic N) is 1. The fourth-order valence-corrected chi connectivity index (χ4v) is 1.50. The topological polar surface area (TPSA) is 107 Å². The van der Waals surface area contributed by atoms with Crippen molar-refractivity contribution in [3.05, 3.63) is 32.9 Å². The van der Waals surface area contributed by atoms with Gasteiger partial charge in [0.25, 0.3) is 5.69 Å². The summed E-state index contributed by atoms with van der Waals surface area (Å²) in [5, 5.41) is 19.8. The maximum absolute atomic E-state index is 11.0. The number of benzene rings is 1. The molecule has 0 aromatic heterocycles.